The maximum Gasteiger partial charge on any atom is 0.318 e. The standard InChI is InChI=1S/C17H23N3O2/c1-19-8-9-20(11-12-4-2-3-5-15(12)19)17(21)18-14-10-13-6-7-16(14)22-13/h2-5,13-14,16H,6-11H2,1H3,(H,18,21)/t13-,14-,16-/m1/s1. The summed E-state index contributed by atoms with van der Waals surface area (Å²) >= 11 is 0. The molecule has 1 aromatic carbocycles. The van der Waals surface area contributed by atoms with Gasteiger partial charge in [-0.1, -0.05) is 18.2 Å². The van der Waals surface area contributed by atoms with E-state index < -0.39 is 0 Å². The average Bonchev–Trinajstić information content (AvgIpc) is 3.09. The molecule has 22 heavy (non-hydrogen) atoms. The fourth-order valence-electron chi connectivity index (χ4n) is 3.91. The molecule has 4 rings (SSSR count). The van der Waals surface area contributed by atoms with Gasteiger partial charge in [0, 0.05) is 32.4 Å². The van der Waals surface area contributed by atoms with E-state index in [4.69, 9.17) is 4.74 Å². The molecule has 0 aromatic heterocycles. The minimum atomic E-state index is 0.0475. The smallest absolute Gasteiger partial charge is 0.318 e. The predicted molar refractivity (Wildman–Crippen MR) is 85.0 cm³/mol. The predicted octanol–water partition coefficient (Wildman–Crippen LogP) is 1.97. The number of benzene rings is 1. The molecular weight excluding hydrogens is 278 g/mol. The first kappa shape index (κ1) is 13.9. The molecule has 2 fully saturated rings. The van der Waals surface area contributed by atoms with E-state index in [1.54, 1.807) is 0 Å². The molecule has 0 aliphatic carbocycles. The van der Waals surface area contributed by atoms with Crippen molar-refractivity contribution in [2.45, 2.75) is 44.1 Å². The van der Waals surface area contributed by atoms with E-state index in [1.165, 1.54) is 11.3 Å². The number of nitrogens with zero attached hydrogens (tertiary/aromatic N) is 2. The summed E-state index contributed by atoms with van der Waals surface area (Å²) in [5.74, 6) is 0. The molecule has 0 saturated carbocycles. The van der Waals surface area contributed by atoms with Gasteiger partial charge < -0.3 is 19.9 Å². The zero-order valence-electron chi connectivity index (χ0n) is 13.0. The Balaban J connectivity index is 1.45. The molecule has 3 aliphatic rings. The molecule has 3 heterocycles. The largest absolute Gasteiger partial charge is 0.373 e. The number of anilines is 1. The van der Waals surface area contributed by atoms with Crippen molar-refractivity contribution in [3.63, 3.8) is 0 Å². The number of ether oxygens (including phenoxy) is 1. The summed E-state index contributed by atoms with van der Waals surface area (Å²) in [6, 6.07) is 8.57. The van der Waals surface area contributed by atoms with Crippen LogP contribution in [-0.2, 0) is 11.3 Å². The number of nitrogens with one attached hydrogen (secondary N) is 1. The van der Waals surface area contributed by atoms with E-state index >= 15 is 0 Å². The van der Waals surface area contributed by atoms with Crippen molar-refractivity contribution in [3.8, 4) is 0 Å². The van der Waals surface area contributed by atoms with Crippen LogP contribution >= 0.6 is 0 Å². The van der Waals surface area contributed by atoms with Crippen LogP contribution < -0.4 is 10.2 Å². The SMILES string of the molecule is CN1CCN(C(=O)N[C@@H]2C[C@H]3CC[C@H]2O3)Cc2ccccc21. The van der Waals surface area contributed by atoms with Gasteiger partial charge in [-0.2, -0.15) is 0 Å². The molecule has 0 unspecified atom stereocenters. The first-order valence-electron chi connectivity index (χ1n) is 8.20. The summed E-state index contributed by atoms with van der Waals surface area (Å²) < 4.78 is 5.83. The number of carbonyl (C=O) groups excluding carboxylic acids is 1. The van der Waals surface area contributed by atoms with Crippen LogP contribution in [0.5, 0.6) is 0 Å². The van der Waals surface area contributed by atoms with Crippen LogP contribution in [0.2, 0.25) is 0 Å². The quantitative estimate of drug-likeness (QED) is 0.862. The maximum atomic E-state index is 12.6. The van der Waals surface area contributed by atoms with Gasteiger partial charge in [0.1, 0.15) is 0 Å². The van der Waals surface area contributed by atoms with Gasteiger partial charge in [0.05, 0.1) is 18.2 Å². The molecular formula is C17H23N3O2. The Hall–Kier alpha value is -1.75. The molecule has 3 aliphatic heterocycles. The maximum absolute atomic E-state index is 12.6. The topological polar surface area (TPSA) is 44.8 Å². The molecule has 3 atom stereocenters. The summed E-state index contributed by atoms with van der Waals surface area (Å²) in [6.07, 6.45) is 3.81. The number of hydrogen-bond acceptors (Lipinski definition) is 3. The van der Waals surface area contributed by atoms with Crippen molar-refractivity contribution in [1.29, 1.82) is 0 Å². The van der Waals surface area contributed by atoms with Crippen molar-refractivity contribution in [3.05, 3.63) is 29.8 Å². The van der Waals surface area contributed by atoms with Gasteiger partial charge in [-0.3, -0.25) is 0 Å². The van der Waals surface area contributed by atoms with E-state index in [2.05, 4.69) is 35.5 Å². The van der Waals surface area contributed by atoms with E-state index in [-0.39, 0.29) is 18.2 Å². The second kappa shape index (κ2) is 5.47. The lowest BCUT2D eigenvalue weighted by molar-refractivity contribution is 0.0969. The van der Waals surface area contributed by atoms with Crippen LogP contribution in [0.3, 0.4) is 0 Å². The molecule has 118 valence electrons. The lowest BCUT2D eigenvalue weighted by atomic mass is 9.96. The Kier molecular flexibility index (Phi) is 3.45. The molecule has 1 aromatic rings. The van der Waals surface area contributed by atoms with Gasteiger partial charge in [0.2, 0.25) is 0 Å². The molecule has 1 N–H and O–H groups in total. The number of likely N-dealkylation sites (N-methyl/N-ethyl adjacent to an activating group) is 1. The van der Waals surface area contributed by atoms with Crippen LogP contribution in [0.4, 0.5) is 10.5 Å². The third-order valence-corrected chi connectivity index (χ3v) is 5.17. The van der Waals surface area contributed by atoms with Crippen LogP contribution in [-0.4, -0.2) is 49.3 Å². The van der Waals surface area contributed by atoms with E-state index in [9.17, 15) is 4.79 Å². The van der Waals surface area contributed by atoms with Crippen molar-refractivity contribution < 1.29 is 9.53 Å². The van der Waals surface area contributed by atoms with Crippen LogP contribution in [0.15, 0.2) is 24.3 Å². The zero-order valence-corrected chi connectivity index (χ0v) is 13.0. The van der Waals surface area contributed by atoms with Gasteiger partial charge in [-0.15, -0.1) is 0 Å². The number of para-hydroxylation sites is 1. The van der Waals surface area contributed by atoms with Crippen molar-refractivity contribution >= 4 is 11.7 Å². The Morgan fingerprint density at radius 3 is 2.91 bits per heavy atom. The van der Waals surface area contributed by atoms with Crippen molar-refractivity contribution in [1.82, 2.24) is 10.2 Å². The third-order valence-electron chi connectivity index (χ3n) is 5.17. The van der Waals surface area contributed by atoms with E-state index in [1.807, 2.05) is 11.0 Å². The van der Waals surface area contributed by atoms with Gasteiger partial charge in [0.15, 0.2) is 0 Å². The highest BCUT2D eigenvalue weighted by Crippen LogP contribution is 2.34. The van der Waals surface area contributed by atoms with E-state index in [0.29, 0.717) is 12.6 Å². The summed E-state index contributed by atoms with van der Waals surface area (Å²) in [6.45, 7) is 2.28. The van der Waals surface area contributed by atoms with Gasteiger partial charge in [-0.05, 0) is 30.9 Å². The van der Waals surface area contributed by atoms with Gasteiger partial charge in [0.25, 0.3) is 0 Å². The van der Waals surface area contributed by atoms with Gasteiger partial charge in [-0.25, -0.2) is 4.79 Å². The second-order valence-corrected chi connectivity index (χ2v) is 6.64. The van der Waals surface area contributed by atoms with Crippen LogP contribution in [0.25, 0.3) is 0 Å². The normalized spacial score (nSPS) is 30.1. The Morgan fingerprint density at radius 1 is 1.27 bits per heavy atom. The van der Waals surface area contributed by atoms with Crippen LogP contribution in [0, 0.1) is 0 Å². The molecule has 0 radical (unpaired) electrons. The number of amides is 2. The summed E-state index contributed by atoms with van der Waals surface area (Å²) in [7, 11) is 2.09. The summed E-state index contributed by atoms with van der Waals surface area (Å²) in [4.78, 5) is 16.8. The molecule has 0 spiro atoms. The number of carbonyl (C=O) groups is 1. The summed E-state index contributed by atoms with van der Waals surface area (Å²) in [5, 5.41) is 3.20. The molecule has 2 amide bonds. The molecule has 5 nitrogen and oxygen atoms in total. The summed E-state index contributed by atoms with van der Waals surface area (Å²) in [5.41, 5.74) is 2.43. The highest BCUT2D eigenvalue weighted by Gasteiger charge is 2.41. The number of rotatable bonds is 1. The highest BCUT2D eigenvalue weighted by atomic mass is 16.5. The average molecular weight is 301 g/mol. The van der Waals surface area contributed by atoms with Crippen LogP contribution in [0.1, 0.15) is 24.8 Å². The van der Waals surface area contributed by atoms with Crippen molar-refractivity contribution in [2.75, 3.05) is 25.0 Å². The number of fused-ring (bicyclic) bond motifs is 3. The van der Waals surface area contributed by atoms with Gasteiger partial charge >= 0.3 is 6.03 Å². The first-order chi connectivity index (χ1) is 10.7. The second-order valence-electron chi connectivity index (χ2n) is 6.64. The molecule has 2 saturated heterocycles. The Morgan fingerprint density at radius 2 is 2.14 bits per heavy atom. The number of hydrogen-bond donors (Lipinski definition) is 1. The lowest BCUT2D eigenvalue weighted by Crippen LogP contribution is -2.48. The minimum absolute atomic E-state index is 0.0475. The first-order valence-corrected chi connectivity index (χ1v) is 8.20. The fraction of sp³-hybridized carbons (Fsp3) is 0.588. The van der Waals surface area contributed by atoms with E-state index in [0.717, 1.165) is 32.4 Å². The third kappa shape index (κ3) is 2.43. The fourth-order valence-corrected chi connectivity index (χ4v) is 3.91. The lowest BCUT2D eigenvalue weighted by Gasteiger charge is -2.26. The van der Waals surface area contributed by atoms with Crippen molar-refractivity contribution in [2.24, 2.45) is 0 Å². The zero-order chi connectivity index (χ0) is 15.1. The minimum Gasteiger partial charge on any atom is -0.373 e. The highest BCUT2D eigenvalue weighted by molar-refractivity contribution is 5.75. The number of urea groups is 1. The Bertz CT molecular complexity index is 577. The monoisotopic (exact) mass is 301 g/mol. The molecule has 5 heteroatoms. The molecule has 2 bridgehead atoms. The Labute approximate surface area is 131 Å².